The first-order chi connectivity index (χ1) is 20.3. The van der Waals surface area contributed by atoms with Crippen LogP contribution in [0, 0.1) is 28.6 Å². The summed E-state index contributed by atoms with van der Waals surface area (Å²) in [4.78, 5) is 43.0. The van der Waals surface area contributed by atoms with Crippen LogP contribution in [0.5, 0.6) is 0 Å². The predicted octanol–water partition coefficient (Wildman–Crippen LogP) is 4.62. The number of nitrogens with one attached hydrogen (secondary N) is 1. The molecule has 0 spiro atoms. The Kier molecular flexibility index (Phi) is 9.13. The molecule has 0 aliphatic carbocycles. The van der Waals surface area contributed by atoms with Gasteiger partial charge in [0.05, 0.1) is 58.6 Å². The summed E-state index contributed by atoms with van der Waals surface area (Å²) in [5, 5.41) is 27.8. The van der Waals surface area contributed by atoms with Crippen LogP contribution in [-0.4, -0.2) is 40.1 Å². The van der Waals surface area contributed by atoms with Crippen molar-refractivity contribution in [3.05, 3.63) is 83.6 Å². The largest absolute Gasteiger partial charge is 0.342 e. The zero-order valence-corrected chi connectivity index (χ0v) is 24.8. The van der Waals surface area contributed by atoms with E-state index in [0.29, 0.717) is 40.3 Å². The minimum Gasteiger partial charge on any atom is -0.342 e. The van der Waals surface area contributed by atoms with Crippen LogP contribution >= 0.6 is 12.4 Å². The molecule has 5 rings (SSSR count). The molecule has 0 saturated carbocycles. The van der Waals surface area contributed by atoms with Crippen molar-refractivity contribution in [2.24, 2.45) is 5.92 Å². The van der Waals surface area contributed by atoms with Crippen LogP contribution in [0.2, 0.25) is 0 Å². The van der Waals surface area contributed by atoms with E-state index < -0.39 is 11.9 Å². The molecule has 1 N–H and O–H groups in total. The maximum Gasteiger partial charge on any atom is 0.251 e. The lowest BCUT2D eigenvalue weighted by molar-refractivity contribution is -0.129. The normalized spacial score (nSPS) is 15.0. The van der Waals surface area contributed by atoms with Gasteiger partial charge in [-0.2, -0.15) is 15.6 Å². The number of fused-ring (bicyclic) bond motifs is 2. The topological polar surface area (TPSA) is 135 Å². The molecule has 3 amide bonds. The van der Waals surface area contributed by atoms with E-state index in [1.807, 2.05) is 43.3 Å². The van der Waals surface area contributed by atoms with Crippen LogP contribution in [-0.2, 0) is 20.9 Å². The zero-order chi connectivity index (χ0) is 30.0. The Labute approximate surface area is 255 Å². The summed E-state index contributed by atoms with van der Waals surface area (Å²) < 4.78 is 1.69. The van der Waals surface area contributed by atoms with Gasteiger partial charge in [0.2, 0.25) is 11.8 Å². The van der Waals surface area contributed by atoms with Gasteiger partial charge in [0.15, 0.2) is 0 Å². The van der Waals surface area contributed by atoms with E-state index in [9.17, 15) is 24.9 Å². The number of hydrogen-bond acceptors (Lipinski definition) is 6. The predicted molar refractivity (Wildman–Crippen MR) is 165 cm³/mol. The van der Waals surface area contributed by atoms with E-state index in [2.05, 4.69) is 17.5 Å². The average Bonchev–Trinajstić information content (AvgIpc) is 3.33. The molecular weight excluding hydrogens is 566 g/mol. The van der Waals surface area contributed by atoms with Gasteiger partial charge in [0.25, 0.3) is 5.91 Å². The average molecular weight is 596 g/mol. The van der Waals surface area contributed by atoms with E-state index in [0.717, 1.165) is 10.9 Å². The molecule has 4 aromatic rings. The molecule has 1 aromatic heterocycles. The fraction of sp³-hybridized carbons (Fsp3) is 0.250. The first kappa shape index (κ1) is 30.8. The Balaban J connectivity index is 0.00000423. The smallest absolute Gasteiger partial charge is 0.251 e. The molecule has 11 heteroatoms. The van der Waals surface area contributed by atoms with Crippen LogP contribution in [0.4, 0.5) is 11.4 Å². The van der Waals surface area contributed by atoms with Gasteiger partial charge < -0.3 is 15.1 Å². The standard InChI is InChI=1S/C32H29N7O3.ClH/c1-4-20(2)31(41)35-26-19-37(21(3)40)30-15-22(16-33)13-14-29(30)38(32(26)42)18-25-24-10-6-8-12-28(24)39(36-25)27-11-7-5-9-23(27)17-34;/h5-15,20,26H,4,18-19H2,1-3H3,(H,35,41);1H/t20-,26+;/m1./s1. The molecule has 1 aliphatic rings. The number of halogens is 1. The number of nitrogens with zero attached hydrogens (tertiary/aromatic N) is 6. The summed E-state index contributed by atoms with van der Waals surface area (Å²) in [7, 11) is 0. The summed E-state index contributed by atoms with van der Waals surface area (Å²) in [6.07, 6.45) is 0.590. The molecule has 0 unspecified atom stereocenters. The van der Waals surface area contributed by atoms with Gasteiger partial charge in [0.1, 0.15) is 12.1 Å². The van der Waals surface area contributed by atoms with Crippen LogP contribution in [0.3, 0.4) is 0 Å². The number of carbonyl (C=O) groups excluding carboxylic acids is 3. The second-order valence-electron chi connectivity index (χ2n) is 10.2. The molecule has 0 radical (unpaired) electrons. The van der Waals surface area contributed by atoms with Gasteiger partial charge >= 0.3 is 0 Å². The molecule has 3 aromatic carbocycles. The van der Waals surface area contributed by atoms with Crippen molar-refractivity contribution >= 4 is 52.4 Å². The third-order valence-electron chi connectivity index (χ3n) is 7.60. The molecule has 0 fully saturated rings. The molecular formula is C32H30ClN7O3. The number of anilines is 2. The number of amides is 3. The highest BCUT2D eigenvalue weighted by Crippen LogP contribution is 2.36. The molecule has 0 saturated heterocycles. The van der Waals surface area contributed by atoms with Crippen molar-refractivity contribution in [3.8, 4) is 17.8 Å². The Morgan fingerprint density at radius 2 is 1.74 bits per heavy atom. The fourth-order valence-electron chi connectivity index (χ4n) is 5.11. The van der Waals surface area contributed by atoms with Crippen molar-refractivity contribution in [2.75, 3.05) is 16.3 Å². The van der Waals surface area contributed by atoms with Gasteiger partial charge in [-0.1, -0.05) is 44.2 Å². The Bertz CT molecular complexity index is 1800. The SMILES string of the molecule is CC[C@@H](C)C(=O)N[C@H]1CN(C(C)=O)c2cc(C#N)ccc2N(Cc2nn(-c3ccccc3C#N)c3ccccc23)C1=O.Cl. The van der Waals surface area contributed by atoms with Crippen molar-refractivity contribution in [2.45, 2.75) is 39.8 Å². The van der Waals surface area contributed by atoms with Crippen molar-refractivity contribution < 1.29 is 14.4 Å². The Morgan fingerprint density at radius 1 is 1.02 bits per heavy atom. The minimum absolute atomic E-state index is 0. The van der Waals surface area contributed by atoms with E-state index in [1.165, 1.54) is 16.7 Å². The Hall–Kier alpha value is -5.19. The quantitative estimate of drug-likeness (QED) is 0.345. The number of benzene rings is 3. The highest BCUT2D eigenvalue weighted by molar-refractivity contribution is 6.08. The van der Waals surface area contributed by atoms with E-state index in [-0.39, 0.29) is 43.2 Å². The third-order valence-corrected chi connectivity index (χ3v) is 7.60. The lowest BCUT2D eigenvalue weighted by Crippen LogP contribution is -2.53. The maximum absolute atomic E-state index is 14.2. The van der Waals surface area contributed by atoms with Gasteiger partial charge in [-0.25, -0.2) is 4.68 Å². The molecule has 43 heavy (non-hydrogen) atoms. The second-order valence-corrected chi connectivity index (χ2v) is 10.2. The van der Waals surface area contributed by atoms with Crippen LogP contribution in [0.25, 0.3) is 16.6 Å². The lowest BCUT2D eigenvalue weighted by atomic mass is 10.1. The summed E-state index contributed by atoms with van der Waals surface area (Å²) in [6.45, 7) is 4.99. The third kappa shape index (κ3) is 5.78. The maximum atomic E-state index is 14.2. The van der Waals surface area contributed by atoms with Gasteiger partial charge in [-0.05, 0) is 42.8 Å². The van der Waals surface area contributed by atoms with Gasteiger partial charge in [-0.15, -0.1) is 12.4 Å². The molecule has 218 valence electrons. The number of nitriles is 2. The zero-order valence-electron chi connectivity index (χ0n) is 23.9. The van der Waals surface area contributed by atoms with E-state index >= 15 is 0 Å². The molecule has 1 aliphatic heterocycles. The molecule has 10 nitrogen and oxygen atoms in total. The van der Waals surface area contributed by atoms with Crippen LogP contribution < -0.4 is 15.1 Å². The number of carbonyl (C=O) groups is 3. The minimum atomic E-state index is -1.03. The number of para-hydroxylation sites is 2. The number of hydrogen-bond donors (Lipinski definition) is 1. The summed E-state index contributed by atoms with van der Waals surface area (Å²) in [5.74, 6) is -1.34. The molecule has 2 heterocycles. The fourth-order valence-corrected chi connectivity index (χ4v) is 5.11. The molecule has 0 bridgehead atoms. The monoisotopic (exact) mass is 595 g/mol. The lowest BCUT2D eigenvalue weighted by Gasteiger charge is -2.25. The van der Waals surface area contributed by atoms with Crippen molar-refractivity contribution in [3.63, 3.8) is 0 Å². The van der Waals surface area contributed by atoms with Crippen molar-refractivity contribution in [1.29, 1.82) is 10.5 Å². The highest BCUT2D eigenvalue weighted by atomic mass is 35.5. The highest BCUT2D eigenvalue weighted by Gasteiger charge is 2.37. The number of rotatable bonds is 6. The second kappa shape index (κ2) is 12.8. The van der Waals surface area contributed by atoms with Crippen LogP contribution in [0.15, 0.2) is 66.7 Å². The summed E-state index contributed by atoms with van der Waals surface area (Å²) in [5.41, 5.74) is 3.51. The van der Waals surface area contributed by atoms with Crippen molar-refractivity contribution in [1.82, 2.24) is 15.1 Å². The first-order valence-electron chi connectivity index (χ1n) is 13.7. The summed E-state index contributed by atoms with van der Waals surface area (Å²) in [6, 6.07) is 22.8. The van der Waals surface area contributed by atoms with Crippen LogP contribution in [0.1, 0.15) is 44.0 Å². The Morgan fingerprint density at radius 3 is 2.44 bits per heavy atom. The van der Waals surface area contributed by atoms with E-state index in [1.54, 1.807) is 41.9 Å². The van der Waals surface area contributed by atoms with Gasteiger partial charge in [-0.3, -0.25) is 14.4 Å². The molecule has 2 atom stereocenters. The van der Waals surface area contributed by atoms with Gasteiger partial charge in [0, 0.05) is 18.2 Å². The van der Waals surface area contributed by atoms with E-state index in [4.69, 9.17) is 5.10 Å². The number of aromatic nitrogens is 2. The first-order valence-corrected chi connectivity index (χ1v) is 13.7. The summed E-state index contributed by atoms with van der Waals surface area (Å²) >= 11 is 0.